The summed E-state index contributed by atoms with van der Waals surface area (Å²) in [5.74, 6) is 1.22. The maximum absolute atomic E-state index is 11.8. The fourth-order valence-corrected chi connectivity index (χ4v) is 2.67. The molecule has 0 bridgehead atoms. The number of nitrogens with zero attached hydrogens (tertiary/aromatic N) is 3. The number of H-pyrrole nitrogens is 1. The van der Waals surface area contributed by atoms with Crippen molar-refractivity contribution >= 4 is 17.5 Å². The number of hydrogen-bond acceptors (Lipinski definition) is 4. The molecule has 0 aliphatic rings. The zero-order valence-electron chi connectivity index (χ0n) is 11.3. The van der Waals surface area contributed by atoms with Gasteiger partial charge in [0.15, 0.2) is 5.16 Å². The first-order valence-corrected chi connectivity index (χ1v) is 7.25. The van der Waals surface area contributed by atoms with Gasteiger partial charge in [0.05, 0.1) is 0 Å². The predicted octanol–water partition coefficient (Wildman–Crippen LogP) is 2.33. The topological polar surface area (TPSA) is 63.1 Å². The van der Waals surface area contributed by atoms with E-state index in [0.717, 1.165) is 5.75 Å². The van der Waals surface area contributed by atoms with Crippen LogP contribution >= 0.6 is 11.8 Å². The molecule has 102 valence electrons. The molecule has 20 heavy (non-hydrogen) atoms. The fourth-order valence-electron chi connectivity index (χ4n) is 1.87. The van der Waals surface area contributed by atoms with Crippen molar-refractivity contribution < 1.29 is 0 Å². The Kier molecular flexibility index (Phi) is 3.31. The predicted molar refractivity (Wildman–Crippen MR) is 79.1 cm³/mol. The molecule has 1 N–H and O–H groups in total. The quantitative estimate of drug-likeness (QED) is 0.751. The minimum Gasteiger partial charge on any atom is -0.267 e. The summed E-state index contributed by atoms with van der Waals surface area (Å²) >= 11 is 1.55. The second kappa shape index (κ2) is 5.13. The van der Waals surface area contributed by atoms with Crippen molar-refractivity contribution in [2.75, 3.05) is 0 Å². The van der Waals surface area contributed by atoms with Gasteiger partial charge in [-0.1, -0.05) is 41.6 Å². The normalized spacial score (nSPS) is 11.1. The zero-order valence-corrected chi connectivity index (χ0v) is 12.1. The van der Waals surface area contributed by atoms with Gasteiger partial charge in [0.25, 0.3) is 11.3 Å². The third kappa shape index (κ3) is 2.60. The summed E-state index contributed by atoms with van der Waals surface area (Å²) in [5, 5.41) is 3.66. The number of rotatable bonds is 3. The van der Waals surface area contributed by atoms with Gasteiger partial charge in [0, 0.05) is 17.5 Å². The van der Waals surface area contributed by atoms with Crippen molar-refractivity contribution in [1.29, 1.82) is 0 Å². The van der Waals surface area contributed by atoms with Crippen LogP contribution < -0.4 is 5.56 Å². The zero-order chi connectivity index (χ0) is 14.1. The van der Waals surface area contributed by atoms with Crippen LogP contribution in [0, 0.1) is 13.8 Å². The van der Waals surface area contributed by atoms with Gasteiger partial charge in [-0.2, -0.15) is 9.50 Å². The maximum Gasteiger partial charge on any atom is 0.274 e. The van der Waals surface area contributed by atoms with E-state index in [2.05, 4.69) is 46.3 Å². The molecule has 0 radical (unpaired) electrons. The Morgan fingerprint density at radius 2 is 1.95 bits per heavy atom. The summed E-state index contributed by atoms with van der Waals surface area (Å²) in [6.45, 7) is 3.85. The summed E-state index contributed by atoms with van der Waals surface area (Å²) in [4.78, 5) is 20.3. The first kappa shape index (κ1) is 12.9. The van der Waals surface area contributed by atoms with Gasteiger partial charge >= 0.3 is 0 Å². The van der Waals surface area contributed by atoms with E-state index in [4.69, 9.17) is 0 Å². The van der Waals surface area contributed by atoms with E-state index in [0.29, 0.717) is 16.6 Å². The highest BCUT2D eigenvalue weighted by Gasteiger charge is 2.07. The third-order valence-electron chi connectivity index (χ3n) is 2.93. The number of nitrogens with one attached hydrogen (secondary N) is 1. The highest BCUT2D eigenvalue weighted by Crippen LogP contribution is 2.19. The minimum absolute atomic E-state index is 0.137. The molecule has 0 unspecified atom stereocenters. The smallest absolute Gasteiger partial charge is 0.267 e. The maximum atomic E-state index is 11.8. The van der Waals surface area contributed by atoms with Crippen molar-refractivity contribution in [3.63, 3.8) is 0 Å². The lowest BCUT2D eigenvalue weighted by Gasteiger charge is -1.99. The van der Waals surface area contributed by atoms with Crippen LogP contribution in [0.4, 0.5) is 0 Å². The Morgan fingerprint density at radius 1 is 1.20 bits per heavy atom. The molecule has 6 heteroatoms. The minimum atomic E-state index is -0.137. The summed E-state index contributed by atoms with van der Waals surface area (Å²) in [6.07, 6.45) is 0. The number of fused-ring (bicyclic) bond motifs is 1. The Morgan fingerprint density at radius 3 is 2.70 bits per heavy atom. The fraction of sp³-hybridized carbons (Fsp3) is 0.214. The number of hydrogen-bond donors (Lipinski definition) is 1. The lowest BCUT2D eigenvalue weighted by Crippen LogP contribution is -2.14. The van der Waals surface area contributed by atoms with E-state index in [1.165, 1.54) is 21.7 Å². The molecule has 2 heterocycles. The molecule has 0 fully saturated rings. The standard InChI is InChI=1S/C14H14N4OS/c1-9-3-5-11(6-4-9)8-20-14-16-13-15-10(2)7-12(19)18(13)17-14/h3-7H,8H2,1-2H3,(H,15,16,17). The van der Waals surface area contributed by atoms with Crippen LogP contribution in [0.1, 0.15) is 16.8 Å². The van der Waals surface area contributed by atoms with Gasteiger partial charge in [-0.05, 0) is 19.4 Å². The molecular formula is C14H14N4OS. The lowest BCUT2D eigenvalue weighted by molar-refractivity contribution is 0.845. The molecule has 5 nitrogen and oxygen atoms in total. The van der Waals surface area contributed by atoms with Gasteiger partial charge in [-0.25, -0.2) is 4.98 Å². The largest absolute Gasteiger partial charge is 0.274 e. The molecule has 0 atom stereocenters. The highest BCUT2D eigenvalue weighted by molar-refractivity contribution is 7.98. The third-order valence-corrected chi connectivity index (χ3v) is 3.87. The molecule has 1 aromatic carbocycles. The number of benzene rings is 1. The van der Waals surface area contributed by atoms with E-state index in [1.54, 1.807) is 18.7 Å². The Bertz CT molecular complexity index is 804. The van der Waals surface area contributed by atoms with Crippen LogP contribution in [0.5, 0.6) is 0 Å². The van der Waals surface area contributed by atoms with Crippen LogP contribution in [0.2, 0.25) is 0 Å². The second-order valence-electron chi connectivity index (χ2n) is 4.67. The summed E-state index contributed by atoms with van der Waals surface area (Å²) < 4.78 is 1.37. The Balaban J connectivity index is 1.83. The first-order valence-electron chi connectivity index (χ1n) is 6.26. The van der Waals surface area contributed by atoms with Crippen molar-refractivity contribution in [3.8, 4) is 0 Å². The van der Waals surface area contributed by atoms with Crippen molar-refractivity contribution in [1.82, 2.24) is 19.6 Å². The molecule has 0 aliphatic carbocycles. The van der Waals surface area contributed by atoms with E-state index in [-0.39, 0.29) is 5.56 Å². The average Bonchev–Trinajstić information content (AvgIpc) is 2.81. The monoisotopic (exact) mass is 286 g/mol. The van der Waals surface area contributed by atoms with Gasteiger partial charge in [-0.3, -0.25) is 9.89 Å². The molecule has 2 aromatic heterocycles. The molecule has 0 saturated carbocycles. The van der Waals surface area contributed by atoms with Crippen LogP contribution in [0.25, 0.3) is 5.78 Å². The lowest BCUT2D eigenvalue weighted by atomic mass is 10.2. The number of aryl methyl sites for hydroxylation is 2. The number of aromatic nitrogens is 4. The van der Waals surface area contributed by atoms with E-state index in [9.17, 15) is 4.79 Å². The molecule has 3 rings (SSSR count). The molecule has 0 spiro atoms. The summed E-state index contributed by atoms with van der Waals surface area (Å²) in [5.41, 5.74) is 3.00. The number of aromatic amines is 1. The Labute approximate surface area is 120 Å². The van der Waals surface area contributed by atoms with E-state index in [1.807, 2.05) is 0 Å². The van der Waals surface area contributed by atoms with Crippen LogP contribution in [0.3, 0.4) is 0 Å². The first-order chi connectivity index (χ1) is 9.61. The highest BCUT2D eigenvalue weighted by atomic mass is 32.2. The van der Waals surface area contributed by atoms with Crippen LogP contribution in [0.15, 0.2) is 40.3 Å². The van der Waals surface area contributed by atoms with Crippen molar-refractivity contribution in [3.05, 3.63) is 57.5 Å². The van der Waals surface area contributed by atoms with Crippen molar-refractivity contribution in [2.45, 2.75) is 24.8 Å². The van der Waals surface area contributed by atoms with Gasteiger partial charge in [-0.15, -0.1) is 0 Å². The molecule has 0 amide bonds. The van der Waals surface area contributed by atoms with Gasteiger partial charge < -0.3 is 0 Å². The molecule has 0 aliphatic heterocycles. The van der Waals surface area contributed by atoms with Gasteiger partial charge in [0.1, 0.15) is 0 Å². The molecule has 0 saturated heterocycles. The Hall–Kier alpha value is -2.08. The summed E-state index contributed by atoms with van der Waals surface area (Å²) in [6, 6.07) is 9.85. The molecule has 3 aromatic rings. The van der Waals surface area contributed by atoms with E-state index >= 15 is 0 Å². The number of thioether (sulfide) groups is 1. The van der Waals surface area contributed by atoms with Crippen LogP contribution in [-0.2, 0) is 5.75 Å². The summed E-state index contributed by atoms with van der Waals surface area (Å²) in [7, 11) is 0. The molecular weight excluding hydrogens is 272 g/mol. The van der Waals surface area contributed by atoms with E-state index < -0.39 is 0 Å². The van der Waals surface area contributed by atoms with Crippen molar-refractivity contribution in [2.24, 2.45) is 0 Å². The van der Waals surface area contributed by atoms with Crippen LogP contribution in [-0.4, -0.2) is 19.6 Å². The average molecular weight is 286 g/mol. The van der Waals surface area contributed by atoms with Gasteiger partial charge in [0.2, 0.25) is 0 Å². The SMILES string of the molecule is Cc1ccc(CSc2nc3nc(C)cc(=O)n3[nH]2)cc1. The second-order valence-corrected chi connectivity index (χ2v) is 5.64.